The van der Waals surface area contributed by atoms with Gasteiger partial charge in [-0.2, -0.15) is 0 Å². The molecule has 3 aromatic carbocycles. The van der Waals surface area contributed by atoms with Crippen LogP contribution in [0.5, 0.6) is 17.2 Å². The Kier molecular flexibility index (Phi) is 5.32. The predicted octanol–water partition coefficient (Wildman–Crippen LogP) is 4.35. The normalized spacial score (nSPS) is 10.1. The Labute approximate surface area is 146 Å². The summed E-state index contributed by atoms with van der Waals surface area (Å²) in [6.07, 6.45) is 0. The molecular weight excluding hydrogens is 316 g/mol. The van der Waals surface area contributed by atoms with Gasteiger partial charge in [-0.15, -0.1) is 0 Å². The molecule has 25 heavy (non-hydrogen) atoms. The van der Waals surface area contributed by atoms with Crippen molar-refractivity contribution in [1.82, 2.24) is 0 Å². The Morgan fingerprint density at radius 3 is 2.16 bits per heavy atom. The molecule has 0 aliphatic heterocycles. The summed E-state index contributed by atoms with van der Waals surface area (Å²) < 4.78 is 16.0. The number of methoxy groups -OCH3 is 1. The Bertz CT molecular complexity index is 826. The van der Waals surface area contributed by atoms with E-state index >= 15 is 0 Å². The van der Waals surface area contributed by atoms with Crippen molar-refractivity contribution < 1.29 is 19.0 Å². The van der Waals surface area contributed by atoms with Crippen LogP contribution in [0.25, 0.3) is 11.1 Å². The molecular formula is C21H18O4. The molecule has 0 aliphatic rings. The second-order valence-corrected chi connectivity index (χ2v) is 5.30. The van der Waals surface area contributed by atoms with Gasteiger partial charge in [0.1, 0.15) is 17.2 Å². The van der Waals surface area contributed by atoms with E-state index in [1.807, 2.05) is 48.5 Å². The highest BCUT2D eigenvalue weighted by Crippen LogP contribution is 2.29. The predicted molar refractivity (Wildman–Crippen MR) is 96.0 cm³/mol. The molecule has 0 heterocycles. The topological polar surface area (TPSA) is 44.8 Å². The average Bonchev–Trinajstić information content (AvgIpc) is 2.68. The summed E-state index contributed by atoms with van der Waals surface area (Å²) in [4.78, 5) is 12.1. The number of rotatable bonds is 6. The van der Waals surface area contributed by atoms with E-state index in [0.717, 1.165) is 16.9 Å². The number of esters is 1. The summed E-state index contributed by atoms with van der Waals surface area (Å²) in [5, 5.41) is 0. The molecule has 0 bridgehead atoms. The monoisotopic (exact) mass is 334 g/mol. The van der Waals surface area contributed by atoms with Gasteiger partial charge in [0.05, 0.1) is 7.11 Å². The van der Waals surface area contributed by atoms with Gasteiger partial charge in [-0.05, 0) is 35.9 Å². The maximum Gasteiger partial charge on any atom is 0.349 e. The Hall–Kier alpha value is -3.27. The maximum absolute atomic E-state index is 12.1. The molecule has 4 nitrogen and oxygen atoms in total. The van der Waals surface area contributed by atoms with E-state index < -0.39 is 5.97 Å². The van der Waals surface area contributed by atoms with Crippen LogP contribution in [0.1, 0.15) is 0 Å². The van der Waals surface area contributed by atoms with Gasteiger partial charge in [-0.3, -0.25) is 0 Å². The summed E-state index contributed by atoms with van der Waals surface area (Å²) in [5.41, 5.74) is 1.85. The minimum absolute atomic E-state index is 0.171. The van der Waals surface area contributed by atoms with Gasteiger partial charge in [0, 0.05) is 5.56 Å². The van der Waals surface area contributed by atoms with Crippen LogP contribution in [0.4, 0.5) is 0 Å². The van der Waals surface area contributed by atoms with Crippen LogP contribution in [-0.4, -0.2) is 19.7 Å². The van der Waals surface area contributed by atoms with Crippen molar-refractivity contribution in [3.05, 3.63) is 78.9 Å². The van der Waals surface area contributed by atoms with Crippen molar-refractivity contribution in [3.8, 4) is 28.4 Å². The number of ether oxygens (including phenoxy) is 3. The fourth-order valence-electron chi connectivity index (χ4n) is 2.38. The second-order valence-electron chi connectivity index (χ2n) is 5.30. The minimum Gasteiger partial charge on any atom is -0.497 e. The lowest BCUT2D eigenvalue weighted by Crippen LogP contribution is -2.18. The van der Waals surface area contributed by atoms with Crippen molar-refractivity contribution in [2.24, 2.45) is 0 Å². The number of hydrogen-bond donors (Lipinski definition) is 0. The molecule has 0 radical (unpaired) electrons. The summed E-state index contributed by atoms with van der Waals surface area (Å²) in [6, 6.07) is 24.2. The number of benzene rings is 3. The fourth-order valence-corrected chi connectivity index (χ4v) is 2.38. The first-order valence-electron chi connectivity index (χ1n) is 7.88. The molecule has 0 saturated heterocycles. The Morgan fingerprint density at radius 1 is 0.800 bits per heavy atom. The van der Waals surface area contributed by atoms with Crippen LogP contribution in [-0.2, 0) is 4.79 Å². The van der Waals surface area contributed by atoms with Crippen molar-refractivity contribution in [3.63, 3.8) is 0 Å². The zero-order chi connectivity index (χ0) is 17.5. The van der Waals surface area contributed by atoms with Crippen LogP contribution < -0.4 is 14.2 Å². The largest absolute Gasteiger partial charge is 0.497 e. The summed E-state index contributed by atoms with van der Waals surface area (Å²) in [7, 11) is 1.59. The van der Waals surface area contributed by atoms with E-state index in [-0.39, 0.29) is 6.61 Å². The molecule has 3 aromatic rings. The van der Waals surface area contributed by atoms with Crippen LogP contribution in [0.3, 0.4) is 0 Å². The lowest BCUT2D eigenvalue weighted by Gasteiger charge is -2.11. The molecule has 3 rings (SSSR count). The highest BCUT2D eigenvalue weighted by atomic mass is 16.6. The molecule has 0 atom stereocenters. The molecule has 0 aliphatic carbocycles. The van der Waals surface area contributed by atoms with Crippen LogP contribution in [0, 0.1) is 0 Å². The van der Waals surface area contributed by atoms with Gasteiger partial charge < -0.3 is 14.2 Å². The summed E-state index contributed by atoms with van der Waals surface area (Å²) in [6.45, 7) is -0.171. The lowest BCUT2D eigenvalue weighted by molar-refractivity contribution is -0.136. The van der Waals surface area contributed by atoms with Gasteiger partial charge in [0.15, 0.2) is 6.61 Å². The zero-order valence-corrected chi connectivity index (χ0v) is 13.8. The number of carbonyl (C=O) groups is 1. The summed E-state index contributed by atoms with van der Waals surface area (Å²) >= 11 is 0. The first-order chi connectivity index (χ1) is 12.3. The molecule has 0 amide bonds. The van der Waals surface area contributed by atoms with Crippen molar-refractivity contribution in [2.75, 3.05) is 13.7 Å². The first kappa shape index (κ1) is 16.6. The SMILES string of the molecule is COc1ccc(OCC(=O)Oc2ccccc2-c2ccccc2)cc1. The van der Waals surface area contributed by atoms with Gasteiger partial charge in [-0.1, -0.05) is 48.5 Å². The third-order valence-corrected chi connectivity index (χ3v) is 3.61. The standard InChI is InChI=1S/C21H18O4/c1-23-17-11-13-18(14-12-17)24-15-21(22)25-20-10-6-5-9-19(20)16-7-3-2-4-8-16/h2-14H,15H2,1H3. The van der Waals surface area contributed by atoms with Crippen molar-refractivity contribution in [1.29, 1.82) is 0 Å². The molecule has 0 N–H and O–H groups in total. The van der Waals surface area contributed by atoms with E-state index in [2.05, 4.69) is 0 Å². The highest BCUT2D eigenvalue weighted by Gasteiger charge is 2.11. The van der Waals surface area contributed by atoms with Gasteiger partial charge in [0.25, 0.3) is 0 Å². The Morgan fingerprint density at radius 2 is 1.44 bits per heavy atom. The first-order valence-corrected chi connectivity index (χ1v) is 7.88. The molecule has 4 heteroatoms. The van der Waals surface area contributed by atoms with Crippen LogP contribution in [0.2, 0.25) is 0 Å². The molecule has 0 aromatic heterocycles. The maximum atomic E-state index is 12.1. The van der Waals surface area contributed by atoms with E-state index in [4.69, 9.17) is 14.2 Å². The van der Waals surface area contributed by atoms with E-state index in [0.29, 0.717) is 11.5 Å². The number of para-hydroxylation sites is 1. The molecule has 0 saturated carbocycles. The van der Waals surface area contributed by atoms with Gasteiger partial charge in [-0.25, -0.2) is 4.79 Å². The van der Waals surface area contributed by atoms with Gasteiger partial charge >= 0.3 is 5.97 Å². The van der Waals surface area contributed by atoms with Crippen LogP contribution in [0.15, 0.2) is 78.9 Å². The van der Waals surface area contributed by atoms with Crippen LogP contribution >= 0.6 is 0 Å². The molecule has 0 spiro atoms. The second kappa shape index (κ2) is 8.02. The van der Waals surface area contributed by atoms with E-state index in [1.54, 1.807) is 37.4 Å². The number of carbonyl (C=O) groups excluding carboxylic acids is 1. The minimum atomic E-state index is -0.459. The van der Waals surface area contributed by atoms with Gasteiger partial charge in [0.2, 0.25) is 0 Å². The van der Waals surface area contributed by atoms with Crippen molar-refractivity contribution in [2.45, 2.75) is 0 Å². The number of hydrogen-bond acceptors (Lipinski definition) is 4. The van der Waals surface area contributed by atoms with E-state index in [1.165, 1.54) is 0 Å². The third-order valence-electron chi connectivity index (χ3n) is 3.61. The Balaban J connectivity index is 1.65. The van der Waals surface area contributed by atoms with Crippen molar-refractivity contribution >= 4 is 5.97 Å². The fraction of sp³-hybridized carbons (Fsp3) is 0.0952. The zero-order valence-electron chi connectivity index (χ0n) is 13.8. The highest BCUT2D eigenvalue weighted by molar-refractivity contribution is 5.78. The molecule has 0 fully saturated rings. The molecule has 0 unspecified atom stereocenters. The lowest BCUT2D eigenvalue weighted by atomic mass is 10.1. The smallest absolute Gasteiger partial charge is 0.349 e. The quantitative estimate of drug-likeness (QED) is 0.497. The average molecular weight is 334 g/mol. The summed E-state index contributed by atoms with van der Waals surface area (Å²) in [5.74, 6) is 1.36. The molecule has 126 valence electrons. The third kappa shape index (κ3) is 4.38. The van der Waals surface area contributed by atoms with E-state index in [9.17, 15) is 4.79 Å².